The second-order valence-corrected chi connectivity index (χ2v) is 5.46. The Morgan fingerprint density at radius 2 is 2.20 bits per heavy atom. The highest BCUT2D eigenvalue weighted by molar-refractivity contribution is 7.71. The Morgan fingerprint density at radius 1 is 1.47 bits per heavy atom. The summed E-state index contributed by atoms with van der Waals surface area (Å²) in [5.41, 5.74) is 0.381. The Labute approximate surface area is 95.3 Å². The highest BCUT2D eigenvalue weighted by Crippen LogP contribution is 2.30. The van der Waals surface area contributed by atoms with E-state index in [9.17, 15) is 0 Å². The number of hydrogen-bond acceptors (Lipinski definition) is 3. The van der Waals surface area contributed by atoms with E-state index in [2.05, 4.69) is 28.9 Å². The molecule has 0 spiro atoms. The van der Waals surface area contributed by atoms with Crippen LogP contribution in [0.25, 0.3) is 0 Å². The monoisotopic (exact) mass is 226 g/mol. The van der Waals surface area contributed by atoms with Gasteiger partial charge in [0.1, 0.15) is 0 Å². The van der Waals surface area contributed by atoms with E-state index in [1.54, 1.807) is 0 Å². The van der Waals surface area contributed by atoms with Crippen LogP contribution in [0.3, 0.4) is 0 Å². The lowest BCUT2D eigenvalue weighted by Gasteiger charge is -2.38. The minimum Gasteiger partial charge on any atom is -0.340 e. The van der Waals surface area contributed by atoms with Crippen LogP contribution in [0.4, 0.5) is 5.95 Å². The normalized spacial score (nSPS) is 20.6. The third kappa shape index (κ3) is 2.07. The molecule has 0 bridgehead atoms. The molecule has 1 aliphatic heterocycles. The van der Waals surface area contributed by atoms with Crippen LogP contribution >= 0.6 is 12.2 Å². The molecule has 0 unspecified atom stereocenters. The number of piperidine rings is 1. The van der Waals surface area contributed by atoms with E-state index >= 15 is 0 Å². The van der Waals surface area contributed by atoms with Crippen molar-refractivity contribution in [3.05, 3.63) is 4.77 Å². The topological polar surface area (TPSA) is 36.9 Å². The van der Waals surface area contributed by atoms with Crippen molar-refractivity contribution < 1.29 is 0 Å². The molecular weight excluding hydrogens is 208 g/mol. The first-order valence-corrected chi connectivity index (χ1v) is 5.77. The molecule has 5 heteroatoms. The molecule has 1 aromatic rings. The lowest BCUT2D eigenvalue weighted by Crippen LogP contribution is -2.41. The minimum absolute atomic E-state index is 0.381. The molecule has 2 heterocycles. The summed E-state index contributed by atoms with van der Waals surface area (Å²) in [4.78, 5) is 2.32. The summed E-state index contributed by atoms with van der Waals surface area (Å²) in [6.45, 7) is 6.75. The largest absolute Gasteiger partial charge is 0.340 e. The molecule has 1 saturated heterocycles. The number of rotatable bonds is 1. The van der Waals surface area contributed by atoms with E-state index in [4.69, 9.17) is 12.2 Å². The first kappa shape index (κ1) is 10.7. The van der Waals surface area contributed by atoms with Crippen LogP contribution in [-0.4, -0.2) is 27.9 Å². The molecule has 0 aromatic carbocycles. The number of aromatic amines is 1. The van der Waals surface area contributed by atoms with E-state index in [1.807, 2.05) is 11.6 Å². The maximum absolute atomic E-state index is 5.12. The molecule has 1 aromatic heterocycles. The zero-order valence-corrected chi connectivity index (χ0v) is 10.4. The third-order valence-corrected chi connectivity index (χ3v) is 3.40. The molecule has 0 radical (unpaired) electrons. The molecule has 0 aliphatic carbocycles. The van der Waals surface area contributed by atoms with Crippen molar-refractivity contribution in [1.29, 1.82) is 0 Å². The molecular formula is C10H18N4S. The maximum Gasteiger partial charge on any atom is 0.225 e. The van der Waals surface area contributed by atoms with Gasteiger partial charge in [-0.05, 0) is 30.5 Å². The summed E-state index contributed by atoms with van der Waals surface area (Å²) in [6, 6.07) is 0. The fraction of sp³-hybridized carbons (Fsp3) is 0.800. The summed E-state index contributed by atoms with van der Waals surface area (Å²) in [5, 5.41) is 7.11. The minimum atomic E-state index is 0.381. The highest BCUT2D eigenvalue weighted by Gasteiger charge is 2.28. The Balaban J connectivity index is 2.24. The van der Waals surface area contributed by atoms with Gasteiger partial charge in [0.05, 0.1) is 0 Å². The zero-order valence-electron chi connectivity index (χ0n) is 9.58. The standard InChI is InChI=1S/C10H18N4S/c1-10(2)5-4-6-14(7-10)8-11-12-9(15)13(8)3/h4-7H2,1-3H3,(H,12,15). The molecule has 1 aliphatic rings. The predicted octanol–water partition coefficient (Wildman–Crippen LogP) is 2.10. The summed E-state index contributed by atoms with van der Waals surface area (Å²) >= 11 is 5.12. The van der Waals surface area contributed by atoms with E-state index in [0.717, 1.165) is 19.0 Å². The van der Waals surface area contributed by atoms with Crippen LogP contribution in [-0.2, 0) is 7.05 Å². The van der Waals surface area contributed by atoms with Gasteiger partial charge in [0.25, 0.3) is 0 Å². The van der Waals surface area contributed by atoms with Crippen molar-refractivity contribution in [2.75, 3.05) is 18.0 Å². The van der Waals surface area contributed by atoms with Crippen LogP contribution < -0.4 is 4.90 Å². The highest BCUT2D eigenvalue weighted by atomic mass is 32.1. The predicted molar refractivity (Wildman–Crippen MR) is 63.6 cm³/mol. The molecule has 1 N–H and O–H groups in total. The summed E-state index contributed by atoms with van der Waals surface area (Å²) in [7, 11) is 1.96. The van der Waals surface area contributed by atoms with Crippen molar-refractivity contribution in [3.63, 3.8) is 0 Å². The Kier molecular flexibility index (Phi) is 2.58. The number of anilines is 1. The van der Waals surface area contributed by atoms with Gasteiger partial charge in [-0.25, -0.2) is 5.10 Å². The molecule has 0 amide bonds. The fourth-order valence-electron chi connectivity index (χ4n) is 2.22. The van der Waals surface area contributed by atoms with Crippen molar-refractivity contribution in [3.8, 4) is 0 Å². The second-order valence-electron chi connectivity index (χ2n) is 5.08. The lowest BCUT2D eigenvalue weighted by atomic mass is 9.84. The Bertz CT molecular complexity index is 404. The van der Waals surface area contributed by atoms with Gasteiger partial charge in [-0.1, -0.05) is 13.8 Å². The van der Waals surface area contributed by atoms with Gasteiger partial charge >= 0.3 is 0 Å². The fourth-order valence-corrected chi connectivity index (χ4v) is 2.34. The van der Waals surface area contributed by atoms with Crippen LogP contribution in [0, 0.1) is 10.2 Å². The number of nitrogens with one attached hydrogen (secondary N) is 1. The van der Waals surface area contributed by atoms with E-state index in [0.29, 0.717) is 10.2 Å². The first-order chi connectivity index (χ1) is 6.99. The zero-order chi connectivity index (χ0) is 11.1. The van der Waals surface area contributed by atoms with Gasteiger partial charge in [-0.3, -0.25) is 4.57 Å². The molecule has 0 atom stereocenters. The van der Waals surface area contributed by atoms with Crippen molar-refractivity contribution in [2.24, 2.45) is 12.5 Å². The molecule has 0 saturated carbocycles. The summed E-state index contributed by atoms with van der Waals surface area (Å²) in [6.07, 6.45) is 2.52. The Hall–Kier alpha value is -0.840. The maximum atomic E-state index is 5.12. The molecule has 15 heavy (non-hydrogen) atoms. The average Bonchev–Trinajstić information content (AvgIpc) is 2.46. The van der Waals surface area contributed by atoms with E-state index in [1.165, 1.54) is 12.8 Å². The van der Waals surface area contributed by atoms with E-state index < -0.39 is 0 Å². The molecule has 1 fully saturated rings. The number of hydrogen-bond donors (Lipinski definition) is 1. The first-order valence-electron chi connectivity index (χ1n) is 5.36. The third-order valence-electron chi connectivity index (χ3n) is 3.04. The SMILES string of the molecule is Cn1c(N2CCCC(C)(C)C2)n[nH]c1=S. The van der Waals surface area contributed by atoms with Gasteiger partial charge in [0, 0.05) is 20.1 Å². The van der Waals surface area contributed by atoms with E-state index in [-0.39, 0.29) is 0 Å². The quantitative estimate of drug-likeness (QED) is 0.745. The average molecular weight is 226 g/mol. The summed E-state index contributed by atoms with van der Waals surface area (Å²) < 4.78 is 2.63. The summed E-state index contributed by atoms with van der Waals surface area (Å²) in [5.74, 6) is 0.966. The number of aromatic nitrogens is 3. The van der Waals surface area contributed by atoms with Gasteiger partial charge < -0.3 is 4.90 Å². The number of nitrogens with zero attached hydrogens (tertiary/aromatic N) is 3. The van der Waals surface area contributed by atoms with Crippen LogP contribution in [0.1, 0.15) is 26.7 Å². The van der Waals surface area contributed by atoms with Crippen LogP contribution in [0.2, 0.25) is 0 Å². The van der Waals surface area contributed by atoms with Crippen molar-refractivity contribution in [2.45, 2.75) is 26.7 Å². The smallest absolute Gasteiger partial charge is 0.225 e. The van der Waals surface area contributed by atoms with Crippen molar-refractivity contribution >= 4 is 18.2 Å². The van der Waals surface area contributed by atoms with Gasteiger partial charge in [-0.15, -0.1) is 5.10 Å². The Morgan fingerprint density at radius 3 is 2.73 bits per heavy atom. The lowest BCUT2D eigenvalue weighted by molar-refractivity contribution is 0.290. The van der Waals surface area contributed by atoms with Gasteiger partial charge in [0.15, 0.2) is 4.77 Å². The van der Waals surface area contributed by atoms with Crippen LogP contribution in [0.15, 0.2) is 0 Å². The number of H-pyrrole nitrogens is 1. The molecule has 84 valence electrons. The molecule has 2 rings (SSSR count). The molecule has 4 nitrogen and oxygen atoms in total. The van der Waals surface area contributed by atoms with Crippen molar-refractivity contribution in [1.82, 2.24) is 14.8 Å². The van der Waals surface area contributed by atoms with Gasteiger partial charge in [-0.2, -0.15) is 0 Å². The van der Waals surface area contributed by atoms with Gasteiger partial charge in [0.2, 0.25) is 5.95 Å². The van der Waals surface area contributed by atoms with Crippen LogP contribution in [0.5, 0.6) is 0 Å². The second kappa shape index (κ2) is 3.63.